The maximum absolute atomic E-state index is 11.1. The first-order valence-electron chi connectivity index (χ1n) is 5.50. The highest BCUT2D eigenvalue weighted by Gasteiger charge is 2.24. The van der Waals surface area contributed by atoms with Crippen LogP contribution in [0, 0.1) is 16.0 Å². The third kappa shape index (κ3) is 2.81. The second kappa shape index (κ2) is 4.53. The van der Waals surface area contributed by atoms with Gasteiger partial charge in [0, 0.05) is 11.6 Å². The van der Waals surface area contributed by atoms with E-state index in [-0.39, 0.29) is 17.2 Å². The van der Waals surface area contributed by atoms with Crippen LogP contribution in [0.25, 0.3) is 0 Å². The molecule has 0 spiro atoms. The summed E-state index contributed by atoms with van der Waals surface area (Å²) in [7, 11) is 0. The van der Waals surface area contributed by atoms with Crippen molar-refractivity contribution in [2.24, 2.45) is 5.92 Å². The second-order valence-electron chi connectivity index (χ2n) is 4.25. The number of benzene rings is 1. The van der Waals surface area contributed by atoms with Gasteiger partial charge in [0.1, 0.15) is 0 Å². The lowest BCUT2D eigenvalue weighted by atomic mass is 10.1. The SMILES string of the molecule is CC(=O)c1ccc(OCC2CC2)c([N+](=O)[O-])c1. The fourth-order valence-corrected chi connectivity index (χ4v) is 1.49. The molecular formula is C12H13NO4. The number of nitrogens with zero attached hydrogens (tertiary/aromatic N) is 1. The molecule has 1 aliphatic carbocycles. The van der Waals surface area contributed by atoms with Crippen LogP contribution >= 0.6 is 0 Å². The van der Waals surface area contributed by atoms with Crippen molar-refractivity contribution in [3.05, 3.63) is 33.9 Å². The summed E-state index contributed by atoms with van der Waals surface area (Å²) >= 11 is 0. The molecule has 0 atom stereocenters. The minimum absolute atomic E-state index is 0.140. The number of ether oxygens (including phenoxy) is 1. The van der Waals surface area contributed by atoms with Crippen LogP contribution < -0.4 is 4.74 Å². The highest BCUT2D eigenvalue weighted by atomic mass is 16.6. The molecule has 1 aliphatic rings. The molecule has 1 fully saturated rings. The zero-order valence-electron chi connectivity index (χ0n) is 9.51. The summed E-state index contributed by atoms with van der Waals surface area (Å²) in [6.07, 6.45) is 2.25. The third-order valence-corrected chi connectivity index (χ3v) is 2.73. The number of carbonyl (C=O) groups excluding carboxylic acids is 1. The number of Topliss-reactive ketones (excluding diaryl/α,β-unsaturated/α-hetero) is 1. The Balaban J connectivity index is 2.23. The maximum atomic E-state index is 11.1. The zero-order chi connectivity index (χ0) is 12.4. The largest absolute Gasteiger partial charge is 0.487 e. The topological polar surface area (TPSA) is 69.4 Å². The van der Waals surface area contributed by atoms with Gasteiger partial charge in [0.2, 0.25) is 0 Å². The molecule has 0 aromatic heterocycles. The van der Waals surface area contributed by atoms with E-state index in [1.807, 2.05) is 0 Å². The molecule has 1 aromatic rings. The Bertz CT molecular complexity index is 466. The van der Waals surface area contributed by atoms with Crippen molar-refractivity contribution >= 4 is 11.5 Å². The van der Waals surface area contributed by atoms with E-state index >= 15 is 0 Å². The lowest BCUT2D eigenvalue weighted by molar-refractivity contribution is -0.385. The Hall–Kier alpha value is -1.91. The summed E-state index contributed by atoms with van der Waals surface area (Å²) in [5.41, 5.74) is 0.189. The molecular weight excluding hydrogens is 222 g/mol. The van der Waals surface area contributed by atoms with E-state index in [2.05, 4.69) is 0 Å². The van der Waals surface area contributed by atoms with Gasteiger partial charge in [-0.15, -0.1) is 0 Å². The molecule has 0 saturated heterocycles. The van der Waals surface area contributed by atoms with Crippen molar-refractivity contribution < 1.29 is 14.5 Å². The van der Waals surface area contributed by atoms with Crippen LogP contribution in [0.4, 0.5) is 5.69 Å². The number of carbonyl (C=O) groups is 1. The molecule has 0 aliphatic heterocycles. The minimum Gasteiger partial charge on any atom is -0.487 e. The van der Waals surface area contributed by atoms with Crippen LogP contribution in [-0.4, -0.2) is 17.3 Å². The molecule has 1 saturated carbocycles. The fourth-order valence-electron chi connectivity index (χ4n) is 1.49. The second-order valence-corrected chi connectivity index (χ2v) is 4.25. The van der Waals surface area contributed by atoms with E-state index < -0.39 is 4.92 Å². The third-order valence-electron chi connectivity index (χ3n) is 2.73. The van der Waals surface area contributed by atoms with Crippen LogP contribution in [0.2, 0.25) is 0 Å². The number of hydrogen-bond donors (Lipinski definition) is 0. The van der Waals surface area contributed by atoms with E-state index in [1.54, 1.807) is 6.07 Å². The Labute approximate surface area is 98.5 Å². The van der Waals surface area contributed by atoms with Gasteiger partial charge in [-0.1, -0.05) is 0 Å². The molecule has 0 amide bonds. The molecule has 0 unspecified atom stereocenters. The van der Waals surface area contributed by atoms with Crippen LogP contribution in [0.15, 0.2) is 18.2 Å². The monoisotopic (exact) mass is 235 g/mol. The Morgan fingerprint density at radius 1 is 1.53 bits per heavy atom. The van der Waals surface area contributed by atoms with Gasteiger partial charge in [-0.05, 0) is 37.8 Å². The first kappa shape index (κ1) is 11.6. The van der Waals surface area contributed by atoms with Crippen molar-refractivity contribution in [3.63, 3.8) is 0 Å². The lowest BCUT2D eigenvalue weighted by Gasteiger charge is -2.06. The quantitative estimate of drug-likeness (QED) is 0.447. The van der Waals surface area contributed by atoms with Crippen LogP contribution in [0.3, 0.4) is 0 Å². The summed E-state index contributed by atoms with van der Waals surface area (Å²) in [6, 6.07) is 4.32. The minimum atomic E-state index is -0.519. The van der Waals surface area contributed by atoms with Gasteiger partial charge < -0.3 is 4.74 Å². The van der Waals surface area contributed by atoms with Gasteiger partial charge in [0.15, 0.2) is 11.5 Å². The number of ketones is 1. The van der Waals surface area contributed by atoms with Gasteiger partial charge >= 0.3 is 5.69 Å². The Kier molecular flexibility index (Phi) is 3.08. The fraction of sp³-hybridized carbons (Fsp3) is 0.417. The van der Waals surface area contributed by atoms with Crippen molar-refractivity contribution in [2.45, 2.75) is 19.8 Å². The molecule has 0 heterocycles. The maximum Gasteiger partial charge on any atom is 0.311 e. The smallest absolute Gasteiger partial charge is 0.311 e. The average molecular weight is 235 g/mol. The van der Waals surface area contributed by atoms with Crippen molar-refractivity contribution in [1.29, 1.82) is 0 Å². The zero-order valence-corrected chi connectivity index (χ0v) is 9.51. The molecule has 0 radical (unpaired) electrons. The van der Waals surface area contributed by atoms with Crippen LogP contribution in [0.1, 0.15) is 30.1 Å². The summed E-state index contributed by atoms with van der Waals surface area (Å²) in [6.45, 7) is 1.89. The van der Waals surface area contributed by atoms with E-state index in [9.17, 15) is 14.9 Å². The van der Waals surface area contributed by atoms with Gasteiger partial charge in [-0.25, -0.2) is 0 Å². The highest BCUT2D eigenvalue weighted by Crippen LogP contribution is 2.33. The normalized spacial score (nSPS) is 14.4. The predicted molar refractivity (Wildman–Crippen MR) is 61.3 cm³/mol. The van der Waals surface area contributed by atoms with Gasteiger partial charge in [-0.3, -0.25) is 14.9 Å². The molecule has 0 bridgehead atoms. The number of rotatable bonds is 5. The molecule has 0 N–H and O–H groups in total. The van der Waals surface area contributed by atoms with Crippen molar-refractivity contribution in [1.82, 2.24) is 0 Å². The van der Waals surface area contributed by atoms with Crippen LogP contribution in [-0.2, 0) is 0 Å². The molecule has 5 heteroatoms. The summed E-state index contributed by atoms with van der Waals surface area (Å²) in [5, 5.41) is 10.9. The molecule has 1 aromatic carbocycles. The molecule has 17 heavy (non-hydrogen) atoms. The predicted octanol–water partition coefficient (Wildman–Crippen LogP) is 2.59. The Morgan fingerprint density at radius 2 is 2.24 bits per heavy atom. The van der Waals surface area contributed by atoms with Gasteiger partial charge in [-0.2, -0.15) is 0 Å². The van der Waals surface area contributed by atoms with E-state index in [0.717, 1.165) is 12.8 Å². The number of nitro groups is 1. The highest BCUT2D eigenvalue weighted by molar-refractivity contribution is 5.95. The van der Waals surface area contributed by atoms with Gasteiger partial charge in [0.05, 0.1) is 11.5 Å². The van der Waals surface area contributed by atoms with E-state index in [1.165, 1.54) is 19.1 Å². The molecule has 5 nitrogen and oxygen atoms in total. The van der Waals surface area contributed by atoms with Gasteiger partial charge in [0.25, 0.3) is 0 Å². The Morgan fingerprint density at radius 3 is 2.76 bits per heavy atom. The first-order chi connectivity index (χ1) is 8.08. The number of nitro benzene ring substituents is 1. The summed E-state index contributed by atoms with van der Waals surface area (Å²) < 4.78 is 5.40. The lowest BCUT2D eigenvalue weighted by Crippen LogP contribution is -2.03. The summed E-state index contributed by atoms with van der Waals surface area (Å²) in [5.74, 6) is 0.579. The number of hydrogen-bond acceptors (Lipinski definition) is 4. The first-order valence-corrected chi connectivity index (χ1v) is 5.50. The van der Waals surface area contributed by atoms with Crippen molar-refractivity contribution in [3.8, 4) is 5.75 Å². The standard InChI is InChI=1S/C12H13NO4/c1-8(14)10-4-5-12(11(6-10)13(15)16)17-7-9-2-3-9/h4-6,9H,2-3,7H2,1H3. The van der Waals surface area contributed by atoms with Crippen LogP contribution in [0.5, 0.6) is 5.75 Å². The molecule has 90 valence electrons. The van der Waals surface area contributed by atoms with E-state index in [0.29, 0.717) is 18.1 Å². The van der Waals surface area contributed by atoms with Crippen molar-refractivity contribution in [2.75, 3.05) is 6.61 Å². The van der Waals surface area contributed by atoms with E-state index in [4.69, 9.17) is 4.74 Å². The average Bonchev–Trinajstić information content (AvgIpc) is 3.09. The summed E-state index contributed by atoms with van der Waals surface area (Å²) in [4.78, 5) is 21.5. The molecule has 2 rings (SSSR count).